The van der Waals surface area contributed by atoms with Crippen molar-refractivity contribution in [3.8, 4) is 0 Å². The lowest BCUT2D eigenvalue weighted by Crippen LogP contribution is -2.47. The number of aliphatic hydroxyl groups excluding tert-OH is 1. The van der Waals surface area contributed by atoms with Crippen molar-refractivity contribution < 1.29 is 19.4 Å². The van der Waals surface area contributed by atoms with Gasteiger partial charge in [0.25, 0.3) is 0 Å². The summed E-state index contributed by atoms with van der Waals surface area (Å²) < 4.78 is 5.32. The highest BCUT2D eigenvalue weighted by molar-refractivity contribution is 5.96. The molecule has 1 fully saturated rings. The van der Waals surface area contributed by atoms with E-state index in [2.05, 4.69) is 0 Å². The van der Waals surface area contributed by atoms with Gasteiger partial charge in [0.05, 0.1) is 0 Å². The second-order valence-corrected chi connectivity index (χ2v) is 7.39. The van der Waals surface area contributed by atoms with Crippen molar-refractivity contribution >= 4 is 12.0 Å². The Morgan fingerprint density at radius 2 is 2.05 bits per heavy atom. The summed E-state index contributed by atoms with van der Waals surface area (Å²) in [6.07, 6.45) is 0.625. The molecule has 0 spiro atoms. The Morgan fingerprint density at radius 1 is 1.50 bits per heavy atom. The van der Waals surface area contributed by atoms with Crippen molar-refractivity contribution in [3.63, 3.8) is 0 Å². The molecule has 0 aromatic rings. The number of nitrogens with zero attached hydrogens (tertiary/aromatic N) is 1. The third kappa shape index (κ3) is 3.95. The van der Waals surface area contributed by atoms with E-state index in [1.54, 1.807) is 20.8 Å². The molecule has 1 aliphatic rings. The van der Waals surface area contributed by atoms with Gasteiger partial charge in [0.2, 0.25) is 5.91 Å². The minimum atomic E-state index is -0.621. The first-order valence-corrected chi connectivity index (χ1v) is 7.16. The van der Waals surface area contributed by atoms with Gasteiger partial charge in [-0.1, -0.05) is 6.92 Å². The van der Waals surface area contributed by atoms with E-state index >= 15 is 0 Å². The molecular weight excluding hydrogens is 258 g/mol. The average Bonchev–Trinajstić information content (AvgIpc) is 2.46. The molecule has 0 radical (unpaired) electrons. The molecule has 1 N–H and O–H groups in total. The van der Waals surface area contributed by atoms with Crippen LogP contribution in [0, 0.1) is 11.8 Å². The summed E-state index contributed by atoms with van der Waals surface area (Å²) >= 11 is 0. The fourth-order valence-corrected chi connectivity index (χ4v) is 2.65. The maximum absolute atomic E-state index is 12.4. The number of rotatable bonds is 3. The van der Waals surface area contributed by atoms with Crippen LogP contribution in [0.5, 0.6) is 0 Å². The van der Waals surface area contributed by atoms with Crippen LogP contribution in [-0.4, -0.2) is 39.8 Å². The van der Waals surface area contributed by atoms with Crippen LogP contribution in [0.3, 0.4) is 0 Å². The third-order valence-electron chi connectivity index (χ3n) is 3.50. The van der Waals surface area contributed by atoms with Crippen molar-refractivity contribution in [1.82, 2.24) is 4.90 Å². The van der Waals surface area contributed by atoms with Crippen molar-refractivity contribution in [3.05, 3.63) is 0 Å². The second-order valence-electron chi connectivity index (χ2n) is 7.39. The van der Waals surface area contributed by atoms with Crippen molar-refractivity contribution in [2.45, 2.75) is 65.5 Å². The number of likely N-dealkylation sites (tertiary alicyclic amines) is 1. The smallest absolute Gasteiger partial charge is 0.417 e. The van der Waals surface area contributed by atoms with E-state index in [9.17, 15) is 9.59 Å². The third-order valence-corrected chi connectivity index (χ3v) is 3.50. The summed E-state index contributed by atoms with van der Waals surface area (Å²) in [5, 5.41) is 9.12. The van der Waals surface area contributed by atoms with Crippen molar-refractivity contribution in [2.75, 3.05) is 6.61 Å². The Balaban J connectivity index is 2.86. The van der Waals surface area contributed by atoms with Gasteiger partial charge in [0, 0.05) is 18.1 Å². The number of carbonyl (C=O) groups excluding carboxylic acids is 2. The molecule has 1 saturated heterocycles. The highest BCUT2D eigenvalue weighted by Crippen LogP contribution is 2.37. The zero-order valence-corrected chi connectivity index (χ0v) is 13.4. The highest BCUT2D eigenvalue weighted by atomic mass is 16.6. The Morgan fingerprint density at radius 3 is 2.50 bits per heavy atom. The molecule has 1 heterocycles. The van der Waals surface area contributed by atoms with E-state index in [1.165, 1.54) is 4.90 Å². The topological polar surface area (TPSA) is 66.8 Å². The molecule has 1 aliphatic heterocycles. The van der Waals surface area contributed by atoms with Gasteiger partial charge in [-0.15, -0.1) is 0 Å². The molecule has 5 nitrogen and oxygen atoms in total. The summed E-state index contributed by atoms with van der Waals surface area (Å²) in [5.74, 6) is -0.359. The Hall–Kier alpha value is -1.10. The van der Waals surface area contributed by atoms with Gasteiger partial charge in [-0.2, -0.15) is 0 Å². The predicted molar refractivity (Wildman–Crippen MR) is 76.1 cm³/mol. The molecule has 116 valence electrons. The first-order chi connectivity index (χ1) is 8.98. The second kappa shape index (κ2) is 5.72. The Bertz CT molecular complexity index is 384. The molecule has 2 atom stereocenters. The van der Waals surface area contributed by atoms with Gasteiger partial charge in [-0.25, -0.2) is 9.69 Å². The number of imide groups is 1. The quantitative estimate of drug-likeness (QED) is 0.865. The predicted octanol–water partition coefficient (Wildman–Crippen LogP) is 2.57. The molecule has 0 saturated carbocycles. The van der Waals surface area contributed by atoms with Crippen LogP contribution in [0.25, 0.3) is 0 Å². The molecule has 2 amide bonds. The van der Waals surface area contributed by atoms with E-state index < -0.39 is 17.2 Å². The Labute approximate surface area is 121 Å². The van der Waals surface area contributed by atoms with Gasteiger partial charge in [0.15, 0.2) is 0 Å². The number of amides is 2. The summed E-state index contributed by atoms with van der Waals surface area (Å²) in [4.78, 5) is 25.9. The standard InChI is InChI=1S/C15H27NO4/c1-10(9-17)7-11-8-15(5,6)16(12(11)18)13(19)20-14(2,3)4/h10-11,17H,7-9H2,1-6H3/t10-,11+/m0/s1. The van der Waals surface area contributed by atoms with Gasteiger partial charge in [-0.05, 0) is 53.4 Å². The highest BCUT2D eigenvalue weighted by Gasteiger charge is 2.49. The molecule has 0 unspecified atom stereocenters. The molecule has 0 bridgehead atoms. The zero-order chi connectivity index (χ0) is 15.7. The lowest BCUT2D eigenvalue weighted by molar-refractivity contribution is -0.132. The molecule has 5 heteroatoms. The summed E-state index contributed by atoms with van der Waals surface area (Å²) in [5.41, 5.74) is -1.16. The summed E-state index contributed by atoms with van der Waals surface area (Å²) in [6.45, 7) is 11.0. The van der Waals surface area contributed by atoms with Crippen molar-refractivity contribution in [1.29, 1.82) is 0 Å². The summed E-state index contributed by atoms with van der Waals surface area (Å²) in [6, 6.07) is 0. The molecule has 0 aliphatic carbocycles. The van der Waals surface area contributed by atoms with Gasteiger partial charge < -0.3 is 9.84 Å². The van der Waals surface area contributed by atoms with Crippen LogP contribution in [-0.2, 0) is 9.53 Å². The lowest BCUT2D eigenvalue weighted by Gasteiger charge is -2.31. The van der Waals surface area contributed by atoms with E-state index in [4.69, 9.17) is 9.84 Å². The molecular formula is C15H27NO4. The molecule has 1 rings (SSSR count). The number of ether oxygens (including phenoxy) is 1. The lowest BCUT2D eigenvalue weighted by atomic mass is 9.90. The maximum atomic E-state index is 12.4. The molecule has 0 aromatic heterocycles. The summed E-state index contributed by atoms with van der Waals surface area (Å²) in [7, 11) is 0. The molecule has 20 heavy (non-hydrogen) atoms. The van der Waals surface area contributed by atoms with Crippen LogP contribution < -0.4 is 0 Å². The number of aliphatic hydroxyl groups is 1. The zero-order valence-electron chi connectivity index (χ0n) is 13.4. The van der Waals surface area contributed by atoms with E-state index in [1.807, 2.05) is 20.8 Å². The van der Waals surface area contributed by atoms with Gasteiger partial charge in [0.1, 0.15) is 5.60 Å². The first kappa shape index (κ1) is 17.0. The number of hydrogen-bond acceptors (Lipinski definition) is 4. The number of carbonyl (C=O) groups is 2. The SMILES string of the molecule is C[C@H](CO)C[C@@H]1CC(C)(C)N(C(=O)OC(C)(C)C)C1=O. The van der Waals surface area contributed by atoms with Crippen molar-refractivity contribution in [2.24, 2.45) is 11.8 Å². The fraction of sp³-hybridized carbons (Fsp3) is 0.867. The Kier molecular flexibility index (Phi) is 4.85. The maximum Gasteiger partial charge on any atom is 0.417 e. The van der Waals surface area contributed by atoms with E-state index in [0.717, 1.165) is 0 Å². The normalized spacial score (nSPS) is 23.9. The average molecular weight is 285 g/mol. The van der Waals surface area contributed by atoms with Crippen LogP contribution in [0.4, 0.5) is 4.79 Å². The molecule has 0 aromatic carbocycles. The minimum Gasteiger partial charge on any atom is -0.443 e. The van der Waals surface area contributed by atoms with Crippen LogP contribution >= 0.6 is 0 Å². The van der Waals surface area contributed by atoms with Crippen LogP contribution in [0.15, 0.2) is 0 Å². The van der Waals surface area contributed by atoms with Gasteiger partial charge in [-0.3, -0.25) is 4.79 Å². The van der Waals surface area contributed by atoms with E-state index in [0.29, 0.717) is 12.8 Å². The largest absolute Gasteiger partial charge is 0.443 e. The van der Waals surface area contributed by atoms with Gasteiger partial charge >= 0.3 is 6.09 Å². The minimum absolute atomic E-state index is 0.0522. The number of hydrogen-bond donors (Lipinski definition) is 1. The monoisotopic (exact) mass is 285 g/mol. The van der Waals surface area contributed by atoms with E-state index in [-0.39, 0.29) is 24.3 Å². The van der Waals surface area contributed by atoms with Crippen LogP contribution in [0.2, 0.25) is 0 Å². The van der Waals surface area contributed by atoms with Crippen LogP contribution in [0.1, 0.15) is 54.4 Å². The first-order valence-electron chi connectivity index (χ1n) is 7.16. The fourth-order valence-electron chi connectivity index (χ4n) is 2.65.